The Kier molecular flexibility index (Phi) is 6.28. The van der Waals surface area contributed by atoms with Gasteiger partial charge < -0.3 is 5.73 Å². The third-order valence-corrected chi connectivity index (χ3v) is 6.06. The fourth-order valence-electron chi connectivity index (χ4n) is 1.95. The molecule has 0 amide bonds. The highest BCUT2D eigenvalue weighted by atomic mass is 35.5. The first-order chi connectivity index (χ1) is 9.25. The number of hydrogen-bond donors (Lipinski definition) is 1. The summed E-state index contributed by atoms with van der Waals surface area (Å²) in [6.45, 7) is 4.01. The van der Waals surface area contributed by atoms with Gasteiger partial charge in [-0.25, -0.2) is 8.42 Å². The van der Waals surface area contributed by atoms with Gasteiger partial charge in [-0.15, -0.1) is 0 Å². The summed E-state index contributed by atoms with van der Waals surface area (Å²) >= 11 is 12.1. The molecule has 1 aromatic carbocycles. The number of nitrogens with two attached hydrogens (primary N) is 1. The number of rotatable bonds is 6. The van der Waals surface area contributed by atoms with Gasteiger partial charge in [0.1, 0.15) is 4.90 Å². The van der Waals surface area contributed by atoms with Crippen molar-refractivity contribution in [2.24, 2.45) is 5.73 Å². The van der Waals surface area contributed by atoms with E-state index in [1.807, 2.05) is 13.8 Å². The van der Waals surface area contributed by atoms with E-state index in [0.29, 0.717) is 10.6 Å². The highest BCUT2D eigenvalue weighted by Crippen LogP contribution is 2.31. The molecule has 4 nitrogen and oxygen atoms in total. The minimum atomic E-state index is -3.68. The summed E-state index contributed by atoms with van der Waals surface area (Å²) in [6, 6.07) is 2.84. The van der Waals surface area contributed by atoms with E-state index in [-0.39, 0.29) is 22.5 Å². The van der Waals surface area contributed by atoms with Crippen LogP contribution in [-0.4, -0.2) is 25.8 Å². The van der Waals surface area contributed by atoms with Crippen LogP contribution in [-0.2, 0) is 16.6 Å². The molecule has 0 aliphatic rings. The van der Waals surface area contributed by atoms with Gasteiger partial charge in [0.15, 0.2) is 0 Å². The standard InChI is InChI=1S/C13H20Cl2N2O2S/c1-4-5-9(2)17(3)20(18,19)12-7-11(14)6-10(8-16)13(12)15/h6-7,9H,4-5,8,16H2,1-3H3. The molecule has 2 N–H and O–H groups in total. The van der Waals surface area contributed by atoms with Crippen molar-refractivity contribution in [2.75, 3.05) is 7.05 Å². The van der Waals surface area contributed by atoms with Gasteiger partial charge in [-0.1, -0.05) is 36.5 Å². The van der Waals surface area contributed by atoms with Crippen LogP contribution >= 0.6 is 23.2 Å². The smallest absolute Gasteiger partial charge is 0.244 e. The van der Waals surface area contributed by atoms with Gasteiger partial charge >= 0.3 is 0 Å². The third kappa shape index (κ3) is 3.65. The van der Waals surface area contributed by atoms with Crippen LogP contribution in [0.2, 0.25) is 10.0 Å². The molecule has 0 aliphatic carbocycles. The van der Waals surface area contributed by atoms with Gasteiger partial charge in [-0.05, 0) is 31.0 Å². The van der Waals surface area contributed by atoms with E-state index in [2.05, 4.69) is 0 Å². The maximum absolute atomic E-state index is 12.6. The quantitative estimate of drug-likeness (QED) is 0.865. The van der Waals surface area contributed by atoms with Crippen LogP contribution in [0.1, 0.15) is 32.3 Å². The molecule has 0 spiro atoms. The average Bonchev–Trinajstić information content (AvgIpc) is 2.40. The number of benzene rings is 1. The Morgan fingerprint density at radius 2 is 1.95 bits per heavy atom. The Labute approximate surface area is 130 Å². The van der Waals surface area contributed by atoms with Crippen molar-refractivity contribution in [2.45, 2.75) is 44.2 Å². The number of halogens is 2. The molecule has 0 aliphatic heterocycles. The molecule has 0 fully saturated rings. The molecule has 0 heterocycles. The van der Waals surface area contributed by atoms with E-state index in [4.69, 9.17) is 28.9 Å². The topological polar surface area (TPSA) is 63.4 Å². The Hall–Kier alpha value is -0.330. The van der Waals surface area contributed by atoms with Crippen molar-refractivity contribution in [3.05, 3.63) is 27.7 Å². The fourth-order valence-corrected chi connectivity index (χ4v) is 4.25. The van der Waals surface area contributed by atoms with Gasteiger partial charge in [-0.2, -0.15) is 4.31 Å². The molecular weight excluding hydrogens is 319 g/mol. The zero-order chi connectivity index (χ0) is 15.5. The van der Waals surface area contributed by atoms with E-state index < -0.39 is 10.0 Å². The minimum absolute atomic E-state index is 0.0116. The Bertz CT molecular complexity index is 576. The van der Waals surface area contributed by atoms with Crippen LogP contribution in [0.15, 0.2) is 17.0 Å². The van der Waals surface area contributed by atoms with E-state index in [1.54, 1.807) is 13.1 Å². The van der Waals surface area contributed by atoms with E-state index >= 15 is 0 Å². The zero-order valence-electron chi connectivity index (χ0n) is 11.9. The first-order valence-electron chi connectivity index (χ1n) is 6.41. The predicted molar refractivity (Wildman–Crippen MR) is 83.7 cm³/mol. The third-order valence-electron chi connectivity index (χ3n) is 3.28. The molecule has 114 valence electrons. The molecule has 0 radical (unpaired) electrons. The lowest BCUT2D eigenvalue weighted by Crippen LogP contribution is -2.35. The van der Waals surface area contributed by atoms with Gasteiger partial charge in [0.25, 0.3) is 0 Å². The van der Waals surface area contributed by atoms with Crippen molar-refractivity contribution < 1.29 is 8.42 Å². The molecule has 0 saturated heterocycles. The second kappa shape index (κ2) is 7.09. The molecule has 0 aromatic heterocycles. The molecule has 20 heavy (non-hydrogen) atoms. The molecule has 1 atom stereocenters. The van der Waals surface area contributed by atoms with Crippen molar-refractivity contribution in [1.82, 2.24) is 4.31 Å². The average molecular weight is 339 g/mol. The summed E-state index contributed by atoms with van der Waals surface area (Å²) in [5.41, 5.74) is 6.09. The Morgan fingerprint density at radius 3 is 2.45 bits per heavy atom. The van der Waals surface area contributed by atoms with Crippen LogP contribution in [0, 0.1) is 0 Å². The monoisotopic (exact) mass is 338 g/mol. The van der Waals surface area contributed by atoms with E-state index in [0.717, 1.165) is 12.8 Å². The molecule has 1 rings (SSSR count). The molecule has 1 aromatic rings. The first-order valence-corrected chi connectivity index (χ1v) is 8.61. The van der Waals surface area contributed by atoms with Crippen LogP contribution in [0.25, 0.3) is 0 Å². The van der Waals surface area contributed by atoms with E-state index in [9.17, 15) is 8.42 Å². The summed E-state index contributed by atoms with van der Waals surface area (Å²) < 4.78 is 26.6. The second-order valence-electron chi connectivity index (χ2n) is 4.74. The summed E-state index contributed by atoms with van der Waals surface area (Å²) in [5, 5.41) is 0.456. The summed E-state index contributed by atoms with van der Waals surface area (Å²) in [4.78, 5) is 0.0116. The normalized spacial score (nSPS) is 13.8. The number of hydrogen-bond acceptors (Lipinski definition) is 3. The van der Waals surface area contributed by atoms with Crippen molar-refractivity contribution in [1.29, 1.82) is 0 Å². The summed E-state index contributed by atoms with van der Waals surface area (Å²) in [5.74, 6) is 0. The SMILES string of the molecule is CCCC(C)N(C)S(=O)(=O)c1cc(Cl)cc(CN)c1Cl. The maximum Gasteiger partial charge on any atom is 0.244 e. The van der Waals surface area contributed by atoms with E-state index in [1.165, 1.54) is 10.4 Å². The number of sulfonamides is 1. The van der Waals surface area contributed by atoms with Gasteiger partial charge in [-0.3, -0.25) is 0 Å². The fraction of sp³-hybridized carbons (Fsp3) is 0.538. The highest BCUT2D eigenvalue weighted by molar-refractivity contribution is 7.89. The molecule has 1 unspecified atom stereocenters. The van der Waals surface area contributed by atoms with Crippen LogP contribution in [0.5, 0.6) is 0 Å². The van der Waals surface area contributed by atoms with Crippen molar-refractivity contribution >= 4 is 33.2 Å². The van der Waals surface area contributed by atoms with Gasteiger partial charge in [0.2, 0.25) is 10.0 Å². The predicted octanol–water partition coefficient (Wildman–Crippen LogP) is 3.26. The van der Waals surface area contributed by atoms with Crippen LogP contribution < -0.4 is 5.73 Å². The van der Waals surface area contributed by atoms with Gasteiger partial charge in [0.05, 0.1) is 5.02 Å². The maximum atomic E-state index is 12.6. The highest BCUT2D eigenvalue weighted by Gasteiger charge is 2.28. The molecule has 0 bridgehead atoms. The lowest BCUT2D eigenvalue weighted by atomic mass is 10.2. The first kappa shape index (κ1) is 17.7. The molecular formula is C13H20Cl2N2O2S. The summed E-state index contributed by atoms with van der Waals surface area (Å²) in [6.07, 6.45) is 1.68. The van der Waals surface area contributed by atoms with Crippen LogP contribution in [0.4, 0.5) is 0 Å². The minimum Gasteiger partial charge on any atom is -0.326 e. The van der Waals surface area contributed by atoms with Crippen LogP contribution in [0.3, 0.4) is 0 Å². The van der Waals surface area contributed by atoms with Crippen molar-refractivity contribution in [3.8, 4) is 0 Å². The largest absolute Gasteiger partial charge is 0.326 e. The Morgan fingerprint density at radius 1 is 1.35 bits per heavy atom. The summed E-state index contributed by atoms with van der Waals surface area (Å²) in [7, 11) is -2.13. The lowest BCUT2D eigenvalue weighted by molar-refractivity contribution is 0.369. The van der Waals surface area contributed by atoms with Crippen molar-refractivity contribution in [3.63, 3.8) is 0 Å². The number of nitrogens with zero attached hydrogens (tertiary/aromatic N) is 1. The zero-order valence-corrected chi connectivity index (χ0v) is 14.2. The van der Waals surface area contributed by atoms with Gasteiger partial charge in [0, 0.05) is 24.7 Å². The molecule has 7 heteroatoms. The lowest BCUT2D eigenvalue weighted by Gasteiger charge is -2.25. The second-order valence-corrected chi connectivity index (χ2v) is 7.52. The molecule has 0 saturated carbocycles. The Balaban J connectivity index is 3.32.